The van der Waals surface area contributed by atoms with Gasteiger partial charge < -0.3 is 9.67 Å². The van der Waals surface area contributed by atoms with Crippen LogP contribution in [0.2, 0.25) is 0 Å². The summed E-state index contributed by atoms with van der Waals surface area (Å²) < 4.78 is 2.18. The van der Waals surface area contributed by atoms with E-state index in [1.54, 1.807) is 6.07 Å². The third-order valence-electron chi connectivity index (χ3n) is 4.39. The number of carboxylic acid groups (broad SMARTS) is 1. The van der Waals surface area contributed by atoms with Crippen molar-refractivity contribution in [3.8, 4) is 0 Å². The van der Waals surface area contributed by atoms with Gasteiger partial charge in [0, 0.05) is 17.9 Å². The van der Waals surface area contributed by atoms with Gasteiger partial charge in [-0.3, -0.25) is 0 Å². The zero-order valence-electron chi connectivity index (χ0n) is 11.1. The van der Waals surface area contributed by atoms with Crippen molar-refractivity contribution in [1.29, 1.82) is 0 Å². The van der Waals surface area contributed by atoms with E-state index in [2.05, 4.69) is 18.4 Å². The summed E-state index contributed by atoms with van der Waals surface area (Å²) in [5.74, 6) is -0.157. The largest absolute Gasteiger partial charge is 0.478 e. The second-order valence-electron chi connectivity index (χ2n) is 5.69. The van der Waals surface area contributed by atoms with Crippen molar-refractivity contribution in [2.45, 2.75) is 47.1 Å². The number of nitrogens with zero attached hydrogens (tertiary/aromatic N) is 1. The maximum Gasteiger partial charge on any atom is 0.337 e. The first-order valence-electron chi connectivity index (χ1n) is 6.27. The Morgan fingerprint density at radius 2 is 2.06 bits per heavy atom. The van der Waals surface area contributed by atoms with E-state index < -0.39 is 5.97 Å². The highest BCUT2D eigenvalue weighted by atomic mass is 16.4. The van der Waals surface area contributed by atoms with Crippen LogP contribution in [0.25, 0.3) is 0 Å². The van der Waals surface area contributed by atoms with Gasteiger partial charge in [0.1, 0.15) is 0 Å². The molecule has 0 bridgehead atoms. The molecule has 0 aromatic carbocycles. The minimum absolute atomic E-state index is 0.407. The summed E-state index contributed by atoms with van der Waals surface area (Å²) in [7, 11) is 0. The highest BCUT2D eigenvalue weighted by Crippen LogP contribution is 2.53. The average Bonchev–Trinajstić information content (AvgIpc) is 2.96. The summed E-state index contributed by atoms with van der Waals surface area (Å²) in [6.07, 6.45) is 2.54. The Morgan fingerprint density at radius 3 is 2.41 bits per heavy atom. The molecule has 1 saturated carbocycles. The molecule has 1 aromatic rings. The van der Waals surface area contributed by atoms with E-state index in [9.17, 15) is 4.79 Å². The minimum atomic E-state index is -0.821. The van der Waals surface area contributed by atoms with Crippen LogP contribution < -0.4 is 0 Å². The van der Waals surface area contributed by atoms with Crippen LogP contribution in [0.1, 0.15) is 48.4 Å². The standard InChI is InChI=1S/C14H21NO2/c1-9(2)14(5-6-14)8-15-10(3)7-12(11(15)4)13(16)17/h7,9H,5-6,8H2,1-4H3,(H,16,17). The van der Waals surface area contributed by atoms with E-state index in [0.29, 0.717) is 16.9 Å². The van der Waals surface area contributed by atoms with Crippen molar-refractivity contribution < 1.29 is 9.90 Å². The molecule has 3 nitrogen and oxygen atoms in total. The zero-order chi connectivity index (χ0) is 12.8. The summed E-state index contributed by atoms with van der Waals surface area (Å²) in [6, 6.07) is 1.79. The van der Waals surface area contributed by atoms with Gasteiger partial charge in [0.15, 0.2) is 0 Å². The molecule has 0 radical (unpaired) electrons. The fourth-order valence-corrected chi connectivity index (χ4v) is 2.65. The molecule has 0 saturated heterocycles. The van der Waals surface area contributed by atoms with Crippen molar-refractivity contribution in [3.63, 3.8) is 0 Å². The first-order chi connectivity index (χ1) is 7.87. The highest BCUT2D eigenvalue weighted by molar-refractivity contribution is 5.89. The molecule has 3 heteroatoms. The van der Waals surface area contributed by atoms with Crippen LogP contribution in [-0.2, 0) is 6.54 Å². The predicted molar refractivity (Wildman–Crippen MR) is 67.4 cm³/mol. The van der Waals surface area contributed by atoms with Gasteiger partial charge in [0.25, 0.3) is 0 Å². The Bertz CT molecular complexity index is 453. The van der Waals surface area contributed by atoms with Crippen LogP contribution in [0.15, 0.2) is 6.07 Å². The third-order valence-corrected chi connectivity index (χ3v) is 4.39. The van der Waals surface area contributed by atoms with Crippen molar-refractivity contribution >= 4 is 5.97 Å². The lowest BCUT2D eigenvalue weighted by Crippen LogP contribution is -2.19. The summed E-state index contributed by atoms with van der Waals surface area (Å²) in [6.45, 7) is 9.40. The fraction of sp³-hybridized carbons (Fsp3) is 0.643. The first kappa shape index (κ1) is 12.2. The molecule has 1 N–H and O–H groups in total. The Labute approximate surface area is 102 Å². The van der Waals surface area contributed by atoms with Crippen LogP contribution in [0.5, 0.6) is 0 Å². The molecule has 1 fully saturated rings. The SMILES string of the molecule is Cc1cc(C(=O)O)c(C)n1CC1(C(C)C)CC1. The molecular formula is C14H21NO2. The zero-order valence-corrected chi connectivity index (χ0v) is 11.1. The van der Waals surface area contributed by atoms with Gasteiger partial charge in [-0.1, -0.05) is 13.8 Å². The Hall–Kier alpha value is -1.25. The summed E-state index contributed by atoms with van der Waals surface area (Å²) in [5.41, 5.74) is 2.81. The maximum atomic E-state index is 11.1. The van der Waals surface area contributed by atoms with Gasteiger partial charge in [-0.25, -0.2) is 4.79 Å². The molecule has 1 aromatic heterocycles. The molecule has 0 unspecified atom stereocenters. The lowest BCUT2D eigenvalue weighted by molar-refractivity contribution is 0.0696. The van der Waals surface area contributed by atoms with Crippen LogP contribution in [0.3, 0.4) is 0 Å². The molecule has 0 atom stereocenters. The van der Waals surface area contributed by atoms with Crippen LogP contribution >= 0.6 is 0 Å². The number of hydrogen-bond acceptors (Lipinski definition) is 1. The number of aromatic nitrogens is 1. The lowest BCUT2D eigenvalue weighted by Gasteiger charge is -2.22. The van der Waals surface area contributed by atoms with Crippen molar-refractivity contribution in [3.05, 3.63) is 23.0 Å². The summed E-state index contributed by atoms with van der Waals surface area (Å²) in [5, 5.41) is 9.11. The average molecular weight is 235 g/mol. The third kappa shape index (κ3) is 1.99. The molecule has 94 valence electrons. The van der Waals surface area contributed by atoms with E-state index in [-0.39, 0.29) is 0 Å². The molecule has 0 amide bonds. The maximum absolute atomic E-state index is 11.1. The van der Waals surface area contributed by atoms with Crippen molar-refractivity contribution in [1.82, 2.24) is 4.57 Å². The second-order valence-corrected chi connectivity index (χ2v) is 5.69. The smallest absolute Gasteiger partial charge is 0.337 e. The predicted octanol–water partition coefficient (Wildman–Crippen LogP) is 3.24. The van der Waals surface area contributed by atoms with Gasteiger partial charge in [0.05, 0.1) is 5.56 Å². The van der Waals surface area contributed by atoms with Crippen molar-refractivity contribution in [2.75, 3.05) is 0 Å². The number of aryl methyl sites for hydroxylation is 1. The van der Waals surface area contributed by atoms with Gasteiger partial charge in [-0.15, -0.1) is 0 Å². The van der Waals surface area contributed by atoms with E-state index in [0.717, 1.165) is 17.9 Å². The molecule has 17 heavy (non-hydrogen) atoms. The monoisotopic (exact) mass is 235 g/mol. The van der Waals surface area contributed by atoms with E-state index in [1.165, 1.54) is 12.8 Å². The number of aromatic carboxylic acids is 1. The lowest BCUT2D eigenvalue weighted by atomic mass is 9.92. The fourth-order valence-electron chi connectivity index (χ4n) is 2.65. The van der Waals surface area contributed by atoms with Crippen LogP contribution in [0.4, 0.5) is 0 Å². The van der Waals surface area contributed by atoms with Gasteiger partial charge >= 0.3 is 5.97 Å². The molecular weight excluding hydrogens is 214 g/mol. The molecule has 0 aliphatic heterocycles. The number of carboxylic acids is 1. The van der Waals surface area contributed by atoms with Gasteiger partial charge in [-0.2, -0.15) is 0 Å². The van der Waals surface area contributed by atoms with E-state index in [1.807, 2.05) is 13.8 Å². The second kappa shape index (κ2) is 3.90. The normalized spacial score (nSPS) is 17.5. The highest BCUT2D eigenvalue weighted by Gasteiger charge is 2.45. The topological polar surface area (TPSA) is 42.2 Å². The van der Waals surface area contributed by atoms with Gasteiger partial charge in [-0.05, 0) is 44.1 Å². The van der Waals surface area contributed by atoms with Crippen LogP contribution in [-0.4, -0.2) is 15.6 Å². The van der Waals surface area contributed by atoms with E-state index in [4.69, 9.17) is 5.11 Å². The summed E-state index contributed by atoms with van der Waals surface area (Å²) in [4.78, 5) is 11.1. The number of hydrogen-bond donors (Lipinski definition) is 1. The van der Waals surface area contributed by atoms with Crippen LogP contribution in [0, 0.1) is 25.2 Å². The molecule has 0 spiro atoms. The Balaban J connectivity index is 2.31. The Kier molecular flexibility index (Phi) is 2.80. The minimum Gasteiger partial charge on any atom is -0.478 e. The van der Waals surface area contributed by atoms with Crippen molar-refractivity contribution in [2.24, 2.45) is 11.3 Å². The molecule has 1 heterocycles. The molecule has 2 rings (SSSR count). The number of carbonyl (C=O) groups is 1. The summed E-state index contributed by atoms with van der Waals surface area (Å²) >= 11 is 0. The van der Waals surface area contributed by atoms with Gasteiger partial charge in [0.2, 0.25) is 0 Å². The molecule has 1 aliphatic carbocycles. The van der Waals surface area contributed by atoms with E-state index >= 15 is 0 Å². The quantitative estimate of drug-likeness (QED) is 0.870. The number of rotatable bonds is 4. The Morgan fingerprint density at radius 1 is 1.47 bits per heavy atom. The molecule has 1 aliphatic rings. The first-order valence-corrected chi connectivity index (χ1v) is 6.27.